The van der Waals surface area contributed by atoms with E-state index < -0.39 is 41.8 Å². The Labute approximate surface area is 185 Å². The van der Waals surface area contributed by atoms with Crippen LogP contribution >= 0.6 is 11.8 Å². The molecule has 1 heterocycles. The molecule has 3 amide bonds. The van der Waals surface area contributed by atoms with Gasteiger partial charge in [-0.05, 0) is 44.1 Å². The van der Waals surface area contributed by atoms with Gasteiger partial charge in [0.1, 0.15) is 18.1 Å². The summed E-state index contributed by atoms with van der Waals surface area (Å²) in [5.74, 6) is -2.04. The topological polar surface area (TPSA) is 206 Å². The molecule has 31 heavy (non-hydrogen) atoms. The Bertz CT molecular complexity index is 672. The van der Waals surface area contributed by atoms with Crippen molar-refractivity contribution in [3.8, 4) is 0 Å². The first-order valence-corrected chi connectivity index (χ1v) is 11.5. The van der Waals surface area contributed by atoms with Crippen molar-refractivity contribution < 1.29 is 24.3 Å². The second-order valence-corrected chi connectivity index (χ2v) is 8.13. The number of carboxylic acids is 1. The van der Waals surface area contributed by atoms with Gasteiger partial charge in [-0.15, -0.1) is 0 Å². The van der Waals surface area contributed by atoms with Crippen molar-refractivity contribution in [2.75, 3.05) is 31.6 Å². The van der Waals surface area contributed by atoms with Crippen molar-refractivity contribution in [2.24, 2.45) is 22.2 Å². The Morgan fingerprint density at radius 1 is 1.19 bits per heavy atom. The zero-order valence-electron chi connectivity index (χ0n) is 17.7. The lowest BCUT2D eigenvalue weighted by atomic mass is 10.1. The van der Waals surface area contributed by atoms with Crippen LogP contribution in [-0.2, 0) is 19.2 Å². The number of nitrogens with two attached hydrogens (primary N) is 3. The number of amides is 3. The molecule has 0 aromatic rings. The van der Waals surface area contributed by atoms with Crippen LogP contribution in [0.2, 0.25) is 0 Å². The number of carbonyl (C=O) groups excluding carboxylic acids is 3. The monoisotopic (exact) mass is 459 g/mol. The molecule has 1 aliphatic rings. The number of likely N-dealkylation sites (tertiary alicyclic amines) is 1. The summed E-state index contributed by atoms with van der Waals surface area (Å²) in [4.78, 5) is 54.3. The molecule has 0 saturated carbocycles. The number of hydrogen-bond acceptors (Lipinski definition) is 7. The number of carboxylic acid groups (broad SMARTS) is 1. The fraction of sp³-hybridized carbons (Fsp3) is 0.722. The van der Waals surface area contributed by atoms with Crippen LogP contribution in [0.5, 0.6) is 0 Å². The maximum absolute atomic E-state index is 13.1. The van der Waals surface area contributed by atoms with Crippen LogP contribution in [0.4, 0.5) is 0 Å². The Hall–Kier alpha value is -2.54. The first-order chi connectivity index (χ1) is 14.7. The van der Waals surface area contributed by atoms with Crippen molar-refractivity contribution in [3.63, 3.8) is 0 Å². The Kier molecular flexibility index (Phi) is 11.7. The zero-order chi connectivity index (χ0) is 23.4. The molecule has 0 aromatic heterocycles. The Morgan fingerprint density at radius 3 is 2.48 bits per heavy atom. The van der Waals surface area contributed by atoms with Gasteiger partial charge < -0.3 is 37.8 Å². The van der Waals surface area contributed by atoms with Gasteiger partial charge >= 0.3 is 5.97 Å². The molecule has 9 N–H and O–H groups in total. The highest BCUT2D eigenvalue weighted by Gasteiger charge is 2.38. The minimum Gasteiger partial charge on any atom is -0.480 e. The van der Waals surface area contributed by atoms with E-state index in [2.05, 4.69) is 15.6 Å². The van der Waals surface area contributed by atoms with Crippen molar-refractivity contribution in [1.82, 2.24) is 15.5 Å². The summed E-state index contributed by atoms with van der Waals surface area (Å²) in [6.07, 6.45) is 3.76. The number of carbonyl (C=O) groups is 4. The zero-order valence-corrected chi connectivity index (χ0v) is 18.5. The summed E-state index contributed by atoms with van der Waals surface area (Å²) in [7, 11) is 0. The van der Waals surface area contributed by atoms with Gasteiger partial charge in [-0.3, -0.25) is 19.4 Å². The summed E-state index contributed by atoms with van der Waals surface area (Å²) in [6.45, 7) is 0.290. The lowest BCUT2D eigenvalue weighted by Gasteiger charge is -2.28. The smallest absolute Gasteiger partial charge is 0.326 e. The van der Waals surface area contributed by atoms with E-state index in [-0.39, 0.29) is 25.5 Å². The molecule has 0 spiro atoms. The number of aliphatic imine (C=N–C) groups is 1. The molecule has 3 atom stereocenters. The van der Waals surface area contributed by atoms with E-state index >= 15 is 0 Å². The van der Waals surface area contributed by atoms with Crippen LogP contribution < -0.4 is 27.8 Å². The summed E-state index contributed by atoms with van der Waals surface area (Å²) in [5, 5.41) is 14.6. The number of guanidine groups is 1. The fourth-order valence-electron chi connectivity index (χ4n) is 3.28. The molecule has 0 bridgehead atoms. The molecule has 13 heteroatoms. The molecule has 1 rings (SSSR count). The van der Waals surface area contributed by atoms with E-state index in [1.54, 1.807) is 0 Å². The third-order valence-electron chi connectivity index (χ3n) is 4.83. The van der Waals surface area contributed by atoms with Crippen LogP contribution in [-0.4, -0.2) is 89.4 Å². The van der Waals surface area contributed by atoms with Gasteiger partial charge in [0.25, 0.3) is 0 Å². The molecule has 0 aromatic carbocycles. The number of rotatable bonds is 13. The first kappa shape index (κ1) is 26.5. The highest BCUT2D eigenvalue weighted by molar-refractivity contribution is 7.98. The molecule has 0 aliphatic carbocycles. The van der Waals surface area contributed by atoms with E-state index in [9.17, 15) is 24.3 Å². The highest BCUT2D eigenvalue weighted by atomic mass is 32.2. The minimum atomic E-state index is -1.08. The number of aliphatic carboxylic acids is 1. The number of nitrogens with one attached hydrogen (secondary N) is 2. The minimum absolute atomic E-state index is 0.0842. The van der Waals surface area contributed by atoms with Crippen LogP contribution in [0.25, 0.3) is 0 Å². The first-order valence-electron chi connectivity index (χ1n) is 10.1. The van der Waals surface area contributed by atoms with Gasteiger partial charge in [-0.25, -0.2) is 4.79 Å². The Balaban J connectivity index is 2.95. The molecule has 1 fully saturated rings. The largest absolute Gasteiger partial charge is 0.480 e. The van der Waals surface area contributed by atoms with Gasteiger partial charge in [0.2, 0.25) is 17.7 Å². The van der Waals surface area contributed by atoms with Crippen LogP contribution in [0.1, 0.15) is 32.1 Å². The predicted octanol–water partition coefficient (Wildman–Crippen LogP) is -2.20. The molecule has 12 nitrogen and oxygen atoms in total. The van der Waals surface area contributed by atoms with Crippen molar-refractivity contribution >= 4 is 41.4 Å². The van der Waals surface area contributed by atoms with E-state index in [1.807, 2.05) is 6.26 Å². The SMILES string of the molecule is CSCCC(NC(=O)CN)C(=O)NC(CCCN=C(N)N)C(=O)N1CCCC1C(=O)O. The number of thioether (sulfide) groups is 1. The van der Waals surface area contributed by atoms with Crippen LogP contribution in [0, 0.1) is 0 Å². The molecular weight excluding hydrogens is 426 g/mol. The van der Waals surface area contributed by atoms with Gasteiger partial charge in [-0.2, -0.15) is 11.8 Å². The highest BCUT2D eigenvalue weighted by Crippen LogP contribution is 2.19. The van der Waals surface area contributed by atoms with Crippen LogP contribution in [0.3, 0.4) is 0 Å². The maximum atomic E-state index is 13.1. The van der Waals surface area contributed by atoms with Gasteiger partial charge in [-0.1, -0.05) is 0 Å². The third-order valence-corrected chi connectivity index (χ3v) is 5.47. The third kappa shape index (κ3) is 9.00. The summed E-state index contributed by atoms with van der Waals surface area (Å²) < 4.78 is 0. The summed E-state index contributed by atoms with van der Waals surface area (Å²) in [6, 6.07) is -2.74. The maximum Gasteiger partial charge on any atom is 0.326 e. The van der Waals surface area contributed by atoms with Crippen molar-refractivity contribution in [2.45, 2.75) is 50.2 Å². The quantitative estimate of drug-likeness (QED) is 0.100. The second-order valence-electron chi connectivity index (χ2n) is 7.14. The van der Waals surface area contributed by atoms with Gasteiger partial charge in [0, 0.05) is 13.1 Å². The lowest BCUT2D eigenvalue weighted by Crippen LogP contribution is -2.56. The van der Waals surface area contributed by atoms with E-state index in [4.69, 9.17) is 17.2 Å². The number of hydrogen-bond donors (Lipinski definition) is 6. The lowest BCUT2D eigenvalue weighted by molar-refractivity contribution is -0.149. The van der Waals surface area contributed by atoms with Gasteiger partial charge in [0.05, 0.1) is 6.54 Å². The molecule has 176 valence electrons. The second kappa shape index (κ2) is 13.7. The molecule has 3 unspecified atom stereocenters. The molecular formula is C18H33N7O5S. The standard InChI is InChI=1S/C18H33N7O5S/c1-31-9-6-11(23-14(26)10-19)15(27)24-12(4-2-7-22-18(20)21)16(28)25-8-3-5-13(25)17(29)30/h11-13H,2-10,19H2,1H3,(H,23,26)(H,24,27)(H,29,30)(H4,20,21,22). The Morgan fingerprint density at radius 2 is 1.90 bits per heavy atom. The van der Waals surface area contributed by atoms with Crippen molar-refractivity contribution in [1.29, 1.82) is 0 Å². The summed E-state index contributed by atoms with van der Waals surface area (Å²) >= 11 is 1.51. The molecule has 0 radical (unpaired) electrons. The van der Waals surface area contributed by atoms with Crippen molar-refractivity contribution in [3.05, 3.63) is 0 Å². The normalized spacial score (nSPS) is 17.5. The van der Waals surface area contributed by atoms with Crippen LogP contribution in [0.15, 0.2) is 4.99 Å². The molecule has 1 aliphatic heterocycles. The fourth-order valence-corrected chi connectivity index (χ4v) is 3.75. The van der Waals surface area contributed by atoms with E-state index in [0.717, 1.165) is 0 Å². The predicted molar refractivity (Wildman–Crippen MR) is 118 cm³/mol. The summed E-state index contributed by atoms with van der Waals surface area (Å²) in [5.41, 5.74) is 16.0. The van der Waals surface area contributed by atoms with E-state index in [0.29, 0.717) is 38.0 Å². The molecule has 1 saturated heterocycles. The van der Waals surface area contributed by atoms with Gasteiger partial charge in [0.15, 0.2) is 5.96 Å². The average Bonchev–Trinajstić information content (AvgIpc) is 3.22. The van der Waals surface area contributed by atoms with E-state index in [1.165, 1.54) is 16.7 Å². The number of nitrogens with zero attached hydrogens (tertiary/aromatic N) is 2. The average molecular weight is 460 g/mol.